The average Bonchev–Trinajstić information content (AvgIpc) is 2.70. The monoisotopic (exact) mass is 652 g/mol. The molecule has 0 aliphatic carbocycles. The third-order valence-electron chi connectivity index (χ3n) is 4.69. The molecule has 1 aromatic rings. The van der Waals surface area contributed by atoms with Crippen molar-refractivity contribution in [2.24, 2.45) is 0 Å². The van der Waals surface area contributed by atoms with Gasteiger partial charge >= 0.3 is 47.9 Å². The predicted octanol–water partition coefficient (Wildman–Crippen LogP) is 6.97. The summed E-state index contributed by atoms with van der Waals surface area (Å²) in [4.78, 5) is 9.17. The van der Waals surface area contributed by atoms with E-state index in [0.717, 1.165) is 0 Å². The second-order valence-electron chi connectivity index (χ2n) is 7.42. The number of thiol groups is 2. The Morgan fingerprint density at radius 3 is 1.00 bits per heavy atom. The van der Waals surface area contributed by atoms with E-state index in [9.17, 15) is 79.0 Å². The van der Waals surface area contributed by atoms with Crippen molar-refractivity contribution in [1.29, 1.82) is 0 Å². The van der Waals surface area contributed by atoms with Crippen LogP contribution in [-0.4, -0.2) is 75.9 Å². The van der Waals surface area contributed by atoms with Gasteiger partial charge in [-0.1, -0.05) is 0 Å². The van der Waals surface area contributed by atoms with Crippen LogP contribution in [0.1, 0.15) is 12.8 Å². The molecule has 1 aromatic heterocycles. The molecule has 0 unspecified atom stereocenters. The highest BCUT2D eigenvalue weighted by atomic mass is 32.1. The quantitative estimate of drug-likeness (QED) is 0.200. The fourth-order valence-corrected chi connectivity index (χ4v) is 2.92. The van der Waals surface area contributed by atoms with E-state index in [1.54, 1.807) is 0 Å². The van der Waals surface area contributed by atoms with Crippen molar-refractivity contribution < 1.29 is 79.0 Å². The smallest absolute Gasteiger partial charge is 0.340 e. The molecular formula is C15H10F18N4S2. The van der Waals surface area contributed by atoms with Gasteiger partial charge in [0.25, 0.3) is 0 Å². The lowest BCUT2D eigenvalue weighted by Gasteiger charge is -2.36. The van der Waals surface area contributed by atoms with Crippen molar-refractivity contribution in [3.05, 3.63) is 0 Å². The van der Waals surface area contributed by atoms with Crippen LogP contribution in [0.4, 0.5) is 85.0 Å². The van der Waals surface area contributed by atoms with Gasteiger partial charge in [-0.15, -0.1) is 25.3 Å². The lowest BCUT2D eigenvalue weighted by Crippen LogP contribution is -2.62. The Morgan fingerprint density at radius 1 is 0.462 bits per heavy atom. The highest BCUT2D eigenvalue weighted by molar-refractivity contribution is 7.80. The van der Waals surface area contributed by atoms with Crippen LogP contribution in [0.2, 0.25) is 0 Å². The maximum Gasteiger partial charge on any atom is 0.460 e. The van der Waals surface area contributed by atoms with Gasteiger partial charge in [0, 0.05) is 25.9 Å². The van der Waals surface area contributed by atoms with Crippen LogP contribution in [0, 0.1) is 0 Å². The molecule has 0 spiro atoms. The molecule has 0 atom stereocenters. The highest BCUT2D eigenvalue weighted by Crippen LogP contribution is 2.55. The standard InChI is InChI=1S/C15H10F18N4S2/c16-8(17,10(20,21)12(24,25)14(28,29)30)1-3-37(5-34-6(38)36-7(39)35-5)4-2-9(18,19)11(22,23)13(26,27)15(31,32)33/h1-4H2,(H2,34,35,36,38,39). The topological polar surface area (TPSA) is 41.9 Å². The first-order valence-corrected chi connectivity index (χ1v) is 10.1. The normalized spacial score (nSPS) is 15.1. The van der Waals surface area contributed by atoms with E-state index in [1.165, 1.54) is 0 Å². The Balaban J connectivity index is 3.40. The number of hydrogen-bond donors (Lipinski definition) is 2. The summed E-state index contributed by atoms with van der Waals surface area (Å²) >= 11 is 6.95. The van der Waals surface area contributed by atoms with E-state index in [-0.39, 0.29) is 4.90 Å². The number of aromatic nitrogens is 3. The van der Waals surface area contributed by atoms with Crippen molar-refractivity contribution >= 4 is 31.2 Å². The maximum atomic E-state index is 13.9. The van der Waals surface area contributed by atoms with Gasteiger partial charge in [-0.25, -0.2) is 0 Å². The molecular weight excluding hydrogens is 642 g/mol. The summed E-state index contributed by atoms with van der Waals surface area (Å²) in [5.41, 5.74) is 0. The van der Waals surface area contributed by atoms with Gasteiger partial charge in [0.15, 0.2) is 10.3 Å². The Morgan fingerprint density at radius 2 is 0.744 bits per heavy atom. The van der Waals surface area contributed by atoms with E-state index < -0.39 is 90.1 Å². The van der Waals surface area contributed by atoms with E-state index in [0.29, 0.717) is 0 Å². The molecule has 1 rings (SSSR count). The van der Waals surface area contributed by atoms with Crippen molar-refractivity contribution in [3.8, 4) is 0 Å². The number of alkyl halides is 18. The minimum Gasteiger partial charge on any atom is -0.340 e. The fraction of sp³-hybridized carbons (Fsp3) is 0.800. The molecule has 39 heavy (non-hydrogen) atoms. The third-order valence-corrected chi connectivity index (χ3v) is 5.09. The van der Waals surface area contributed by atoms with Crippen LogP contribution < -0.4 is 4.90 Å². The molecule has 228 valence electrons. The molecule has 0 aromatic carbocycles. The largest absolute Gasteiger partial charge is 0.460 e. The van der Waals surface area contributed by atoms with Crippen LogP contribution in [-0.2, 0) is 0 Å². The molecule has 0 radical (unpaired) electrons. The van der Waals surface area contributed by atoms with Crippen LogP contribution in [0.3, 0.4) is 0 Å². The SMILES string of the molecule is FC(F)(F)C(F)(F)C(F)(F)C(F)(F)CCN(CCC(F)(F)C(F)(F)C(F)(F)C(F)(F)F)c1nc(S)nc(S)n1. The molecule has 0 amide bonds. The zero-order valence-corrected chi connectivity index (χ0v) is 19.6. The molecule has 0 N–H and O–H groups in total. The van der Waals surface area contributed by atoms with Crippen molar-refractivity contribution in [2.75, 3.05) is 18.0 Å². The fourth-order valence-electron chi connectivity index (χ4n) is 2.48. The molecule has 1 heterocycles. The zero-order valence-electron chi connectivity index (χ0n) is 17.8. The molecule has 0 aliphatic rings. The minimum absolute atomic E-state index is 0.327. The minimum atomic E-state index is -7.36. The first-order valence-electron chi connectivity index (χ1n) is 9.25. The summed E-state index contributed by atoms with van der Waals surface area (Å²) in [6, 6.07) is 0. The lowest BCUT2D eigenvalue weighted by atomic mass is 9.99. The van der Waals surface area contributed by atoms with Crippen molar-refractivity contribution in [1.82, 2.24) is 15.0 Å². The Kier molecular flexibility index (Phi) is 9.57. The Hall–Kier alpha value is -1.75. The number of anilines is 1. The summed E-state index contributed by atoms with van der Waals surface area (Å²) in [6.45, 7) is -4.11. The number of rotatable bonds is 11. The first-order chi connectivity index (χ1) is 17.0. The molecule has 4 nitrogen and oxygen atoms in total. The van der Waals surface area contributed by atoms with Crippen LogP contribution in [0.25, 0.3) is 0 Å². The highest BCUT2D eigenvalue weighted by Gasteiger charge is 2.82. The van der Waals surface area contributed by atoms with E-state index in [1.807, 2.05) is 0 Å². The van der Waals surface area contributed by atoms with Crippen LogP contribution >= 0.6 is 25.3 Å². The molecule has 24 heteroatoms. The van der Waals surface area contributed by atoms with E-state index in [4.69, 9.17) is 0 Å². The van der Waals surface area contributed by atoms with E-state index in [2.05, 4.69) is 40.2 Å². The first kappa shape index (κ1) is 35.3. The average molecular weight is 652 g/mol. The third kappa shape index (κ3) is 6.60. The molecule has 0 saturated carbocycles. The van der Waals surface area contributed by atoms with Gasteiger partial charge in [-0.2, -0.15) is 94.0 Å². The zero-order chi connectivity index (χ0) is 31.3. The summed E-state index contributed by atoms with van der Waals surface area (Å²) < 4.78 is 235. The van der Waals surface area contributed by atoms with Gasteiger partial charge < -0.3 is 4.90 Å². The second-order valence-corrected chi connectivity index (χ2v) is 8.22. The van der Waals surface area contributed by atoms with Gasteiger partial charge in [-0.3, -0.25) is 0 Å². The van der Waals surface area contributed by atoms with Gasteiger partial charge in [-0.05, 0) is 0 Å². The van der Waals surface area contributed by atoms with Crippen LogP contribution in [0.15, 0.2) is 10.3 Å². The van der Waals surface area contributed by atoms with Gasteiger partial charge in [0.05, 0.1) is 0 Å². The molecule has 0 fully saturated rings. The Bertz CT molecular complexity index is 935. The van der Waals surface area contributed by atoms with Crippen LogP contribution in [0.5, 0.6) is 0 Å². The van der Waals surface area contributed by atoms with Gasteiger partial charge in [0.1, 0.15) is 0 Å². The lowest BCUT2D eigenvalue weighted by molar-refractivity contribution is -0.396. The van der Waals surface area contributed by atoms with Gasteiger partial charge in [0.2, 0.25) is 5.95 Å². The second kappa shape index (κ2) is 10.6. The molecule has 0 saturated heterocycles. The van der Waals surface area contributed by atoms with Crippen molar-refractivity contribution in [2.45, 2.75) is 71.0 Å². The summed E-state index contributed by atoms with van der Waals surface area (Å²) in [5.74, 6) is -43.1. The van der Waals surface area contributed by atoms with Crippen molar-refractivity contribution in [3.63, 3.8) is 0 Å². The maximum absolute atomic E-state index is 13.9. The molecule has 0 bridgehead atoms. The number of nitrogens with zero attached hydrogens (tertiary/aromatic N) is 4. The number of halogens is 18. The summed E-state index contributed by atoms with van der Waals surface area (Å²) in [7, 11) is 0. The van der Waals surface area contributed by atoms with E-state index >= 15 is 0 Å². The predicted molar refractivity (Wildman–Crippen MR) is 97.6 cm³/mol. The number of hydrogen-bond acceptors (Lipinski definition) is 6. The summed E-state index contributed by atoms with van der Waals surface area (Å²) in [5, 5.41) is -1.59. The summed E-state index contributed by atoms with van der Waals surface area (Å²) in [6.07, 6.45) is -20.1. The molecule has 0 aliphatic heterocycles. The Labute approximate surface area is 215 Å².